The van der Waals surface area contributed by atoms with E-state index in [-0.39, 0.29) is 0 Å². The topological polar surface area (TPSA) is 79.3 Å². The van der Waals surface area contributed by atoms with E-state index in [0.29, 0.717) is 13.2 Å². The summed E-state index contributed by atoms with van der Waals surface area (Å²) in [5.41, 5.74) is 0.941. The van der Waals surface area contributed by atoms with E-state index in [9.17, 15) is 0 Å². The minimum Gasteiger partial charge on any atom is -0.383 e. The second-order valence-electron chi connectivity index (χ2n) is 6.33. The van der Waals surface area contributed by atoms with Crippen LogP contribution in [0.3, 0.4) is 0 Å². The fourth-order valence-corrected chi connectivity index (χ4v) is 3.17. The molecule has 1 aromatic carbocycles. The van der Waals surface area contributed by atoms with Crippen molar-refractivity contribution in [3.63, 3.8) is 0 Å². The molecule has 4 rings (SSSR count). The third-order valence-corrected chi connectivity index (χ3v) is 4.59. The number of hydrogen-bond donors (Lipinski definition) is 1. The van der Waals surface area contributed by atoms with Crippen molar-refractivity contribution in [2.24, 2.45) is 0 Å². The van der Waals surface area contributed by atoms with Crippen LogP contribution in [0.4, 0.5) is 17.7 Å². The molecule has 0 spiro atoms. The number of para-hydroxylation sites is 1. The molecule has 0 amide bonds. The molecule has 0 bridgehead atoms. The summed E-state index contributed by atoms with van der Waals surface area (Å²) < 4.78 is 5.14. The van der Waals surface area contributed by atoms with Gasteiger partial charge in [0.2, 0.25) is 11.9 Å². The van der Waals surface area contributed by atoms with Gasteiger partial charge < -0.3 is 19.9 Å². The fourth-order valence-electron chi connectivity index (χ4n) is 3.17. The maximum atomic E-state index is 5.14. The molecule has 0 atom stereocenters. The van der Waals surface area contributed by atoms with Gasteiger partial charge in [-0.3, -0.25) is 0 Å². The number of piperazine rings is 1. The first kappa shape index (κ1) is 17.4. The van der Waals surface area contributed by atoms with Crippen molar-refractivity contribution >= 4 is 28.6 Å². The standard InChI is InChI=1S/C19H23N7O/c1-27-14-9-20-17-15-5-2-3-6-16(15)23-19(24-17)26-12-10-25(11-13-26)18-21-7-4-8-22-18/h2-8H,9-14H2,1H3,(H,20,23,24). The molecule has 3 aromatic rings. The molecule has 1 N–H and O–H groups in total. The summed E-state index contributed by atoms with van der Waals surface area (Å²) in [6.07, 6.45) is 3.55. The van der Waals surface area contributed by atoms with Crippen LogP contribution in [0.25, 0.3) is 10.9 Å². The number of nitrogens with one attached hydrogen (secondary N) is 1. The van der Waals surface area contributed by atoms with E-state index in [0.717, 1.165) is 54.8 Å². The average Bonchev–Trinajstić information content (AvgIpc) is 2.74. The van der Waals surface area contributed by atoms with E-state index in [1.807, 2.05) is 30.3 Å². The van der Waals surface area contributed by atoms with Gasteiger partial charge in [0.1, 0.15) is 5.82 Å². The zero-order valence-corrected chi connectivity index (χ0v) is 15.4. The zero-order valence-electron chi connectivity index (χ0n) is 15.4. The molecule has 1 aliphatic heterocycles. The highest BCUT2D eigenvalue weighted by Crippen LogP contribution is 2.24. The smallest absolute Gasteiger partial charge is 0.228 e. The van der Waals surface area contributed by atoms with Crippen LogP contribution >= 0.6 is 0 Å². The van der Waals surface area contributed by atoms with E-state index < -0.39 is 0 Å². The van der Waals surface area contributed by atoms with Crippen LogP contribution in [0.1, 0.15) is 0 Å². The minimum absolute atomic E-state index is 0.628. The molecule has 8 nitrogen and oxygen atoms in total. The molecule has 0 unspecified atom stereocenters. The van der Waals surface area contributed by atoms with Crippen molar-refractivity contribution in [1.82, 2.24) is 19.9 Å². The number of methoxy groups -OCH3 is 1. The Hall–Kier alpha value is -3.00. The molecule has 0 radical (unpaired) electrons. The van der Waals surface area contributed by atoms with Crippen molar-refractivity contribution in [2.45, 2.75) is 0 Å². The third kappa shape index (κ3) is 3.90. The molecule has 3 heterocycles. The molecule has 0 aliphatic carbocycles. The van der Waals surface area contributed by atoms with Gasteiger partial charge >= 0.3 is 0 Å². The van der Waals surface area contributed by atoms with Gasteiger partial charge in [0, 0.05) is 57.6 Å². The number of ether oxygens (including phenoxy) is 1. The van der Waals surface area contributed by atoms with Gasteiger partial charge in [0.05, 0.1) is 12.1 Å². The number of aromatic nitrogens is 4. The number of hydrogen-bond acceptors (Lipinski definition) is 8. The summed E-state index contributed by atoms with van der Waals surface area (Å²) in [4.78, 5) is 22.7. The SMILES string of the molecule is COCCNc1nc(N2CCN(c3ncccn3)CC2)nc2ccccc12. The largest absolute Gasteiger partial charge is 0.383 e. The number of fused-ring (bicyclic) bond motifs is 1. The van der Waals surface area contributed by atoms with Gasteiger partial charge in [-0.15, -0.1) is 0 Å². The lowest BCUT2D eigenvalue weighted by Gasteiger charge is -2.34. The Balaban J connectivity index is 1.53. The quantitative estimate of drug-likeness (QED) is 0.663. The molecular weight excluding hydrogens is 342 g/mol. The first-order valence-electron chi connectivity index (χ1n) is 9.11. The van der Waals surface area contributed by atoms with Gasteiger partial charge in [-0.05, 0) is 18.2 Å². The molecule has 8 heteroatoms. The Morgan fingerprint density at radius 3 is 2.37 bits per heavy atom. The first-order chi connectivity index (χ1) is 13.3. The normalized spacial score (nSPS) is 14.6. The van der Waals surface area contributed by atoms with Crippen molar-refractivity contribution in [3.8, 4) is 0 Å². The number of nitrogens with zero attached hydrogens (tertiary/aromatic N) is 6. The molecule has 27 heavy (non-hydrogen) atoms. The summed E-state index contributed by atoms with van der Waals surface area (Å²) in [6, 6.07) is 9.91. The number of benzene rings is 1. The molecule has 2 aromatic heterocycles. The van der Waals surface area contributed by atoms with Crippen molar-refractivity contribution < 1.29 is 4.74 Å². The Labute approximate surface area is 158 Å². The van der Waals surface area contributed by atoms with Gasteiger partial charge in [-0.1, -0.05) is 12.1 Å². The molecular formula is C19H23N7O. The van der Waals surface area contributed by atoms with Crippen LogP contribution in [0.5, 0.6) is 0 Å². The van der Waals surface area contributed by atoms with E-state index in [4.69, 9.17) is 14.7 Å². The van der Waals surface area contributed by atoms with Crippen LogP contribution in [0, 0.1) is 0 Å². The number of anilines is 3. The van der Waals surface area contributed by atoms with Gasteiger partial charge in [0.25, 0.3) is 0 Å². The second-order valence-corrected chi connectivity index (χ2v) is 6.33. The van der Waals surface area contributed by atoms with Crippen LogP contribution in [0.15, 0.2) is 42.7 Å². The summed E-state index contributed by atoms with van der Waals surface area (Å²) in [5.74, 6) is 2.38. The highest BCUT2D eigenvalue weighted by Gasteiger charge is 2.21. The van der Waals surface area contributed by atoms with Gasteiger partial charge in [-0.25, -0.2) is 15.0 Å². The first-order valence-corrected chi connectivity index (χ1v) is 9.11. The highest BCUT2D eigenvalue weighted by atomic mass is 16.5. The average molecular weight is 365 g/mol. The zero-order chi connectivity index (χ0) is 18.5. The molecule has 1 aliphatic rings. The highest BCUT2D eigenvalue weighted by molar-refractivity contribution is 5.90. The van der Waals surface area contributed by atoms with E-state index in [1.165, 1.54) is 0 Å². The van der Waals surface area contributed by atoms with Gasteiger partial charge in [0.15, 0.2) is 0 Å². The van der Waals surface area contributed by atoms with Crippen molar-refractivity contribution in [1.29, 1.82) is 0 Å². The van der Waals surface area contributed by atoms with Crippen LogP contribution in [-0.2, 0) is 4.74 Å². The van der Waals surface area contributed by atoms with Crippen LogP contribution in [0.2, 0.25) is 0 Å². The Kier molecular flexibility index (Phi) is 5.24. The lowest BCUT2D eigenvalue weighted by Crippen LogP contribution is -2.47. The minimum atomic E-state index is 0.628. The lowest BCUT2D eigenvalue weighted by atomic mass is 10.2. The number of rotatable bonds is 6. The third-order valence-electron chi connectivity index (χ3n) is 4.59. The van der Waals surface area contributed by atoms with E-state index in [2.05, 4.69) is 25.1 Å². The van der Waals surface area contributed by atoms with Gasteiger partial charge in [-0.2, -0.15) is 4.98 Å². The maximum Gasteiger partial charge on any atom is 0.228 e. The predicted molar refractivity (Wildman–Crippen MR) is 106 cm³/mol. The van der Waals surface area contributed by atoms with Crippen molar-refractivity contribution in [3.05, 3.63) is 42.7 Å². The maximum absolute atomic E-state index is 5.14. The summed E-state index contributed by atoms with van der Waals surface area (Å²) >= 11 is 0. The molecule has 0 saturated carbocycles. The molecule has 140 valence electrons. The second kappa shape index (κ2) is 8.13. The lowest BCUT2D eigenvalue weighted by molar-refractivity contribution is 0.210. The Bertz CT molecular complexity index is 882. The van der Waals surface area contributed by atoms with Crippen LogP contribution < -0.4 is 15.1 Å². The van der Waals surface area contributed by atoms with Crippen molar-refractivity contribution in [2.75, 3.05) is 61.6 Å². The Morgan fingerprint density at radius 2 is 1.63 bits per heavy atom. The Morgan fingerprint density at radius 1 is 0.926 bits per heavy atom. The fraction of sp³-hybridized carbons (Fsp3) is 0.368. The van der Waals surface area contributed by atoms with E-state index >= 15 is 0 Å². The summed E-state index contributed by atoms with van der Waals surface area (Å²) in [6.45, 7) is 4.67. The van der Waals surface area contributed by atoms with E-state index in [1.54, 1.807) is 19.5 Å². The monoisotopic (exact) mass is 365 g/mol. The summed E-state index contributed by atoms with van der Waals surface area (Å²) in [5, 5.41) is 4.39. The van der Waals surface area contributed by atoms with Crippen LogP contribution in [-0.4, -0.2) is 66.4 Å². The molecule has 1 fully saturated rings. The molecule has 1 saturated heterocycles. The summed E-state index contributed by atoms with van der Waals surface area (Å²) in [7, 11) is 1.70. The predicted octanol–water partition coefficient (Wildman–Crippen LogP) is 1.80.